The Morgan fingerprint density at radius 2 is 1.93 bits per heavy atom. The van der Waals surface area contributed by atoms with Gasteiger partial charge in [-0.3, -0.25) is 9.69 Å². The summed E-state index contributed by atoms with van der Waals surface area (Å²) in [5, 5.41) is 5.05. The summed E-state index contributed by atoms with van der Waals surface area (Å²) in [6.07, 6.45) is 0.882. The smallest absolute Gasteiger partial charge is 0.322 e. The molecule has 0 aromatic heterocycles. The van der Waals surface area contributed by atoms with Crippen molar-refractivity contribution in [3.05, 3.63) is 53.2 Å². The van der Waals surface area contributed by atoms with Crippen molar-refractivity contribution in [3.63, 3.8) is 0 Å². The molecule has 0 bridgehead atoms. The molecule has 2 heterocycles. The van der Waals surface area contributed by atoms with Gasteiger partial charge in [0.15, 0.2) is 0 Å². The van der Waals surface area contributed by atoms with Gasteiger partial charge >= 0.3 is 6.03 Å². The van der Waals surface area contributed by atoms with Crippen LogP contribution >= 0.6 is 0 Å². The van der Waals surface area contributed by atoms with Crippen molar-refractivity contribution >= 4 is 22.7 Å². The van der Waals surface area contributed by atoms with Gasteiger partial charge in [0, 0.05) is 19.2 Å². The number of nitrogens with zero attached hydrogens (tertiary/aromatic N) is 3. The first-order valence-electron chi connectivity index (χ1n) is 10.2. The Kier molecular flexibility index (Phi) is 5.39. The lowest BCUT2D eigenvalue weighted by Crippen LogP contribution is -2.45. The minimum Gasteiger partial charge on any atom is -0.496 e. The molecule has 4 rings (SSSR count). The minimum absolute atomic E-state index is 0.0180. The molecule has 0 fully saturated rings. The van der Waals surface area contributed by atoms with Crippen molar-refractivity contribution in [2.45, 2.75) is 12.5 Å². The van der Waals surface area contributed by atoms with Gasteiger partial charge < -0.3 is 19.9 Å². The van der Waals surface area contributed by atoms with Crippen molar-refractivity contribution in [2.24, 2.45) is 0 Å². The molecule has 158 valence electrons. The Labute approximate surface area is 176 Å². The zero-order chi connectivity index (χ0) is 21.4. The number of nitrogens with one attached hydrogen (secondary N) is 1. The van der Waals surface area contributed by atoms with E-state index in [2.05, 4.69) is 10.2 Å². The third-order valence-electron chi connectivity index (χ3n) is 5.91. The number of fused-ring (bicyclic) bond motifs is 1. The molecular weight excluding hydrogens is 380 g/mol. The van der Waals surface area contributed by atoms with E-state index in [1.54, 1.807) is 19.1 Å². The highest BCUT2D eigenvalue weighted by Gasteiger charge is 2.43. The van der Waals surface area contributed by atoms with Crippen LogP contribution in [-0.2, 0) is 4.79 Å². The lowest BCUT2D eigenvalue weighted by molar-refractivity contribution is -0.125. The lowest BCUT2D eigenvalue weighted by atomic mass is 9.90. The van der Waals surface area contributed by atoms with Crippen LogP contribution in [0.4, 0.5) is 4.79 Å². The Morgan fingerprint density at radius 3 is 2.67 bits per heavy atom. The van der Waals surface area contributed by atoms with Gasteiger partial charge in [-0.2, -0.15) is 0 Å². The molecule has 7 nitrogen and oxygen atoms in total. The van der Waals surface area contributed by atoms with Crippen LogP contribution in [0.5, 0.6) is 5.75 Å². The Hall–Kier alpha value is -3.06. The minimum atomic E-state index is -0.545. The van der Waals surface area contributed by atoms with Gasteiger partial charge in [-0.05, 0) is 43.9 Å². The number of hydrogen-bond donors (Lipinski definition) is 1. The number of carbonyl (C=O) groups excluding carboxylic acids is 2. The Bertz CT molecular complexity index is 1030. The molecule has 1 N–H and O–H groups in total. The molecule has 2 aliphatic heterocycles. The molecule has 0 saturated heterocycles. The van der Waals surface area contributed by atoms with Gasteiger partial charge in [0.2, 0.25) is 0 Å². The summed E-state index contributed by atoms with van der Waals surface area (Å²) in [6, 6.07) is 11.1. The van der Waals surface area contributed by atoms with Gasteiger partial charge in [0.25, 0.3) is 5.91 Å². The van der Waals surface area contributed by atoms with Crippen molar-refractivity contribution in [1.82, 2.24) is 20.0 Å². The van der Waals surface area contributed by atoms with E-state index in [-0.39, 0.29) is 11.9 Å². The second-order valence-corrected chi connectivity index (χ2v) is 8.09. The fraction of sp³-hybridized carbons (Fsp3) is 0.391. The van der Waals surface area contributed by atoms with Crippen molar-refractivity contribution < 1.29 is 14.3 Å². The predicted octanol–water partition coefficient (Wildman–Crippen LogP) is 2.59. The summed E-state index contributed by atoms with van der Waals surface area (Å²) in [4.78, 5) is 31.7. The van der Waals surface area contributed by atoms with Gasteiger partial charge in [-0.25, -0.2) is 4.79 Å². The molecule has 7 heteroatoms. The van der Waals surface area contributed by atoms with Crippen LogP contribution in [0.15, 0.2) is 47.7 Å². The molecule has 30 heavy (non-hydrogen) atoms. The molecule has 2 aliphatic rings. The third-order valence-corrected chi connectivity index (χ3v) is 5.91. The zero-order valence-electron chi connectivity index (χ0n) is 17.9. The van der Waals surface area contributed by atoms with E-state index in [1.165, 1.54) is 0 Å². The van der Waals surface area contributed by atoms with Crippen LogP contribution in [0, 0.1) is 0 Å². The van der Waals surface area contributed by atoms with E-state index < -0.39 is 6.04 Å². The summed E-state index contributed by atoms with van der Waals surface area (Å²) in [6.45, 7) is 2.02. The van der Waals surface area contributed by atoms with Crippen LogP contribution in [-0.4, -0.2) is 74.5 Å². The molecule has 0 radical (unpaired) electrons. The maximum atomic E-state index is 13.4. The highest BCUT2D eigenvalue weighted by atomic mass is 16.5. The van der Waals surface area contributed by atoms with E-state index in [0.717, 1.165) is 35.0 Å². The molecule has 3 amide bonds. The number of benzene rings is 2. The third kappa shape index (κ3) is 3.39. The summed E-state index contributed by atoms with van der Waals surface area (Å²) in [5.74, 6) is 0.643. The van der Waals surface area contributed by atoms with Crippen LogP contribution < -0.4 is 10.1 Å². The average molecular weight is 409 g/mol. The van der Waals surface area contributed by atoms with Crippen molar-refractivity contribution in [2.75, 3.05) is 47.9 Å². The highest BCUT2D eigenvalue weighted by molar-refractivity contribution is 6.03. The molecule has 2 aromatic rings. The summed E-state index contributed by atoms with van der Waals surface area (Å²) in [7, 11) is 7.38. The second-order valence-electron chi connectivity index (χ2n) is 8.09. The summed E-state index contributed by atoms with van der Waals surface area (Å²) in [5.41, 5.74) is 2.23. The molecule has 0 saturated carbocycles. The fourth-order valence-corrected chi connectivity index (χ4v) is 4.35. The normalized spacial score (nSPS) is 19.0. The number of methoxy groups -OCH3 is 1. The number of urea groups is 1. The maximum Gasteiger partial charge on any atom is 0.322 e. The van der Waals surface area contributed by atoms with E-state index in [0.29, 0.717) is 24.4 Å². The molecule has 2 aromatic carbocycles. The Morgan fingerprint density at radius 1 is 1.17 bits per heavy atom. The summed E-state index contributed by atoms with van der Waals surface area (Å²) >= 11 is 0. The number of carbonyl (C=O) groups is 2. The maximum absolute atomic E-state index is 13.4. The van der Waals surface area contributed by atoms with Crippen LogP contribution in [0.2, 0.25) is 0 Å². The number of hydrogen-bond acceptors (Lipinski definition) is 4. The predicted molar refractivity (Wildman–Crippen MR) is 116 cm³/mol. The van der Waals surface area contributed by atoms with Crippen LogP contribution in [0.25, 0.3) is 10.8 Å². The lowest BCUT2D eigenvalue weighted by Gasteiger charge is -2.32. The molecule has 0 spiro atoms. The fourth-order valence-electron chi connectivity index (χ4n) is 4.35. The Balaban J connectivity index is 1.77. The first-order valence-corrected chi connectivity index (χ1v) is 10.2. The van der Waals surface area contributed by atoms with Crippen molar-refractivity contribution in [3.8, 4) is 5.75 Å². The second kappa shape index (κ2) is 7.99. The molecule has 0 aliphatic carbocycles. The first-order chi connectivity index (χ1) is 14.4. The van der Waals surface area contributed by atoms with E-state index in [1.807, 2.05) is 55.4 Å². The topological polar surface area (TPSA) is 65.1 Å². The number of amides is 3. The molecule has 1 atom stereocenters. The van der Waals surface area contributed by atoms with Gasteiger partial charge in [-0.1, -0.05) is 30.3 Å². The average Bonchev–Trinajstić information content (AvgIpc) is 3.06. The largest absolute Gasteiger partial charge is 0.496 e. The van der Waals surface area contributed by atoms with E-state index in [9.17, 15) is 9.59 Å². The number of likely N-dealkylation sites (N-methyl/N-ethyl adjacent to an activating group) is 1. The van der Waals surface area contributed by atoms with E-state index >= 15 is 0 Å². The van der Waals surface area contributed by atoms with Gasteiger partial charge in [0.05, 0.1) is 31.0 Å². The van der Waals surface area contributed by atoms with E-state index in [4.69, 9.17) is 4.74 Å². The van der Waals surface area contributed by atoms with Gasteiger partial charge in [0.1, 0.15) is 5.75 Å². The molecule has 0 unspecified atom stereocenters. The highest BCUT2D eigenvalue weighted by Crippen LogP contribution is 2.42. The standard InChI is InChI=1S/C23H28N4O3/c1-25(2)12-7-13-27-14-17-20(22(27)28)21(24-23(29)26(17)3)19-16-9-6-5-8-15(16)10-11-18(19)30-4/h5-6,8-11,21H,7,12-14H2,1-4H3,(H,24,29)/t21-/m0/s1. The quantitative estimate of drug-likeness (QED) is 0.798. The zero-order valence-corrected chi connectivity index (χ0v) is 17.9. The van der Waals surface area contributed by atoms with Gasteiger partial charge in [-0.15, -0.1) is 0 Å². The van der Waals surface area contributed by atoms with Crippen molar-refractivity contribution in [1.29, 1.82) is 0 Å². The monoisotopic (exact) mass is 408 g/mol. The number of rotatable bonds is 6. The van der Waals surface area contributed by atoms with Crippen LogP contribution in [0.1, 0.15) is 18.0 Å². The molecular formula is C23H28N4O3. The SMILES string of the molecule is COc1ccc2ccccc2c1[C@@H]1NC(=O)N(C)C2=C1C(=O)N(CCCN(C)C)C2. The summed E-state index contributed by atoms with van der Waals surface area (Å²) < 4.78 is 5.65. The van der Waals surface area contributed by atoms with Crippen LogP contribution in [0.3, 0.4) is 0 Å². The first kappa shape index (κ1) is 20.2. The number of ether oxygens (including phenoxy) is 1.